The van der Waals surface area contributed by atoms with Crippen LogP contribution in [-0.4, -0.2) is 22.7 Å². The van der Waals surface area contributed by atoms with Crippen molar-refractivity contribution < 1.29 is 8.42 Å². The summed E-state index contributed by atoms with van der Waals surface area (Å²) in [5, 5.41) is 1.24. The summed E-state index contributed by atoms with van der Waals surface area (Å²) in [6.45, 7) is 0.636. The molecule has 0 saturated heterocycles. The Hall–Kier alpha value is -2.05. The molecule has 20 heavy (non-hydrogen) atoms. The second-order valence-electron chi connectivity index (χ2n) is 4.52. The highest BCUT2D eigenvalue weighted by Crippen LogP contribution is 2.23. The van der Waals surface area contributed by atoms with Crippen molar-refractivity contribution >= 4 is 16.1 Å². The molecule has 1 aromatic heterocycles. The minimum Gasteiger partial charge on any atom is -0.244 e. The van der Waals surface area contributed by atoms with E-state index in [0.29, 0.717) is 13.1 Å². The number of nitrogens with zero attached hydrogens (tertiary/aromatic N) is 3. The highest BCUT2D eigenvalue weighted by atomic mass is 32.2. The van der Waals surface area contributed by atoms with E-state index in [0.717, 1.165) is 16.8 Å². The van der Waals surface area contributed by atoms with Crippen molar-refractivity contribution in [2.45, 2.75) is 13.1 Å². The van der Waals surface area contributed by atoms with Crippen LogP contribution in [0, 0.1) is 0 Å². The Balaban J connectivity index is 1.79. The molecule has 0 N–H and O–H groups in total. The molecule has 1 aromatic carbocycles. The van der Waals surface area contributed by atoms with Crippen LogP contribution in [0.2, 0.25) is 0 Å². The zero-order chi connectivity index (χ0) is 14.0. The van der Waals surface area contributed by atoms with Crippen LogP contribution in [0.5, 0.6) is 0 Å². The third-order valence-corrected chi connectivity index (χ3v) is 4.60. The topological polar surface area (TPSA) is 63.2 Å². The molecule has 0 atom stereocenters. The van der Waals surface area contributed by atoms with Gasteiger partial charge in [0.1, 0.15) is 6.33 Å². The number of hydrogen-bond acceptors (Lipinski definition) is 4. The normalized spacial score (nSPS) is 15.6. The first kappa shape index (κ1) is 13.0. The predicted molar refractivity (Wildman–Crippen MR) is 75.7 cm³/mol. The predicted octanol–water partition coefficient (Wildman–Crippen LogP) is 1.79. The van der Waals surface area contributed by atoms with Crippen molar-refractivity contribution in [3.05, 3.63) is 65.1 Å². The number of fused-ring (bicyclic) bond motifs is 1. The summed E-state index contributed by atoms with van der Waals surface area (Å²) in [6.07, 6.45) is 4.71. The van der Waals surface area contributed by atoms with Crippen LogP contribution >= 0.6 is 0 Å². The van der Waals surface area contributed by atoms with Gasteiger partial charge in [0.05, 0.1) is 12.2 Å². The van der Waals surface area contributed by atoms with Crippen molar-refractivity contribution in [3.63, 3.8) is 0 Å². The van der Waals surface area contributed by atoms with E-state index in [1.807, 2.05) is 30.3 Å². The Morgan fingerprint density at radius 3 is 2.70 bits per heavy atom. The lowest BCUT2D eigenvalue weighted by molar-refractivity contribution is 0.437. The van der Waals surface area contributed by atoms with Gasteiger partial charge in [-0.25, -0.2) is 18.4 Å². The van der Waals surface area contributed by atoms with Crippen LogP contribution in [0.4, 0.5) is 0 Å². The largest absolute Gasteiger partial charge is 0.244 e. The third kappa shape index (κ3) is 2.61. The summed E-state index contributed by atoms with van der Waals surface area (Å²) >= 11 is 0. The zero-order valence-corrected chi connectivity index (χ0v) is 11.5. The van der Waals surface area contributed by atoms with Crippen LogP contribution in [0.1, 0.15) is 16.8 Å². The van der Waals surface area contributed by atoms with Gasteiger partial charge < -0.3 is 0 Å². The number of sulfonamides is 1. The van der Waals surface area contributed by atoms with Gasteiger partial charge in [0.15, 0.2) is 0 Å². The van der Waals surface area contributed by atoms with Crippen molar-refractivity contribution in [2.75, 3.05) is 0 Å². The fourth-order valence-electron chi connectivity index (χ4n) is 2.07. The molecule has 2 aromatic rings. The van der Waals surface area contributed by atoms with Gasteiger partial charge in [-0.3, -0.25) is 0 Å². The van der Waals surface area contributed by atoms with Gasteiger partial charge in [-0.2, -0.15) is 4.31 Å². The van der Waals surface area contributed by atoms with Crippen LogP contribution in [0.3, 0.4) is 0 Å². The van der Waals surface area contributed by atoms with Gasteiger partial charge in [0.25, 0.3) is 0 Å². The van der Waals surface area contributed by atoms with Crippen LogP contribution in [0.25, 0.3) is 6.08 Å². The summed E-state index contributed by atoms with van der Waals surface area (Å²) in [5.74, 6) is 0. The van der Waals surface area contributed by atoms with Crippen molar-refractivity contribution in [1.29, 1.82) is 0 Å². The SMILES string of the molecule is O=S(=O)(/C=C/c1ccccc1)N1Cc2cncnc2C1. The molecule has 0 radical (unpaired) electrons. The summed E-state index contributed by atoms with van der Waals surface area (Å²) in [4.78, 5) is 8.02. The van der Waals surface area contributed by atoms with E-state index in [9.17, 15) is 8.42 Å². The smallest absolute Gasteiger partial charge is 0.236 e. The molecule has 6 heteroatoms. The number of aromatic nitrogens is 2. The first-order chi connectivity index (χ1) is 9.65. The maximum atomic E-state index is 12.3. The average molecular weight is 287 g/mol. The maximum Gasteiger partial charge on any atom is 0.236 e. The van der Waals surface area contributed by atoms with Crippen LogP contribution in [-0.2, 0) is 23.1 Å². The van der Waals surface area contributed by atoms with Crippen molar-refractivity contribution in [1.82, 2.24) is 14.3 Å². The van der Waals surface area contributed by atoms with Gasteiger partial charge in [-0.1, -0.05) is 30.3 Å². The lowest BCUT2D eigenvalue weighted by atomic mass is 10.2. The second-order valence-corrected chi connectivity index (χ2v) is 6.34. The van der Waals surface area contributed by atoms with E-state index >= 15 is 0 Å². The summed E-state index contributed by atoms with van der Waals surface area (Å²) in [7, 11) is -3.44. The lowest BCUT2D eigenvalue weighted by Gasteiger charge is -2.11. The molecule has 0 unspecified atom stereocenters. The fourth-order valence-corrected chi connectivity index (χ4v) is 3.19. The van der Waals surface area contributed by atoms with E-state index in [2.05, 4.69) is 9.97 Å². The number of rotatable bonds is 3. The lowest BCUT2D eigenvalue weighted by Crippen LogP contribution is -2.23. The second kappa shape index (κ2) is 5.15. The first-order valence-electron chi connectivity index (χ1n) is 6.16. The standard InChI is InChI=1S/C14H13N3O2S/c18-20(19,7-6-12-4-2-1-3-5-12)17-9-13-8-15-11-16-14(13)10-17/h1-8,11H,9-10H2/b7-6+. The Morgan fingerprint density at radius 2 is 1.95 bits per heavy atom. The molecule has 0 saturated carbocycles. The molecule has 0 aliphatic carbocycles. The fraction of sp³-hybridized carbons (Fsp3) is 0.143. The first-order valence-corrected chi connectivity index (χ1v) is 7.66. The Labute approximate surface area is 117 Å². The van der Waals surface area contributed by atoms with Crippen molar-refractivity contribution in [3.8, 4) is 0 Å². The maximum absolute atomic E-state index is 12.3. The summed E-state index contributed by atoms with van der Waals surface area (Å²) < 4.78 is 25.9. The van der Waals surface area contributed by atoms with E-state index in [4.69, 9.17) is 0 Å². The highest BCUT2D eigenvalue weighted by Gasteiger charge is 2.28. The molecule has 1 aliphatic rings. The Kier molecular flexibility index (Phi) is 3.33. The molecule has 102 valence electrons. The van der Waals surface area contributed by atoms with Crippen LogP contribution in [0.15, 0.2) is 48.3 Å². The monoisotopic (exact) mass is 287 g/mol. The average Bonchev–Trinajstić information content (AvgIpc) is 2.91. The van der Waals surface area contributed by atoms with Gasteiger partial charge in [0.2, 0.25) is 10.0 Å². The molecule has 1 aliphatic heterocycles. The molecule has 3 rings (SSSR count). The van der Waals surface area contributed by atoms with Crippen molar-refractivity contribution in [2.24, 2.45) is 0 Å². The number of hydrogen-bond donors (Lipinski definition) is 0. The zero-order valence-electron chi connectivity index (χ0n) is 10.7. The Morgan fingerprint density at radius 1 is 1.15 bits per heavy atom. The quantitative estimate of drug-likeness (QED) is 0.863. The van der Waals surface area contributed by atoms with E-state index < -0.39 is 10.0 Å². The van der Waals surface area contributed by atoms with E-state index in [1.54, 1.807) is 12.3 Å². The highest BCUT2D eigenvalue weighted by molar-refractivity contribution is 7.92. The van der Waals surface area contributed by atoms with Gasteiger partial charge in [0, 0.05) is 23.7 Å². The van der Waals surface area contributed by atoms with E-state index in [-0.39, 0.29) is 0 Å². The molecule has 5 nitrogen and oxygen atoms in total. The Bertz CT molecular complexity index is 717. The molecule has 0 amide bonds. The molecule has 0 spiro atoms. The van der Waals surface area contributed by atoms with Gasteiger partial charge in [-0.05, 0) is 11.6 Å². The molecule has 0 bridgehead atoms. The van der Waals surface area contributed by atoms with Crippen LogP contribution < -0.4 is 0 Å². The molecule has 0 fully saturated rings. The summed E-state index contributed by atoms with van der Waals surface area (Å²) in [6, 6.07) is 9.34. The molecular formula is C14H13N3O2S. The van der Waals surface area contributed by atoms with Gasteiger partial charge >= 0.3 is 0 Å². The molecular weight excluding hydrogens is 274 g/mol. The third-order valence-electron chi connectivity index (χ3n) is 3.15. The summed E-state index contributed by atoms with van der Waals surface area (Å²) in [5.41, 5.74) is 2.49. The molecule has 2 heterocycles. The minimum atomic E-state index is -3.44. The minimum absolute atomic E-state index is 0.305. The van der Waals surface area contributed by atoms with E-state index in [1.165, 1.54) is 16.0 Å². The number of benzene rings is 1. The van der Waals surface area contributed by atoms with Gasteiger partial charge in [-0.15, -0.1) is 0 Å².